The van der Waals surface area contributed by atoms with Gasteiger partial charge < -0.3 is 9.64 Å². The summed E-state index contributed by atoms with van der Waals surface area (Å²) < 4.78 is 6.00. The third kappa shape index (κ3) is 2.41. The van der Waals surface area contributed by atoms with Crippen molar-refractivity contribution in [1.82, 2.24) is 9.88 Å². The van der Waals surface area contributed by atoms with Gasteiger partial charge in [0.15, 0.2) is 0 Å². The van der Waals surface area contributed by atoms with Gasteiger partial charge in [-0.25, -0.2) is 4.98 Å². The third-order valence-corrected chi connectivity index (χ3v) is 3.22. The van der Waals surface area contributed by atoms with Gasteiger partial charge >= 0.3 is 0 Å². The Morgan fingerprint density at radius 3 is 3.00 bits per heavy atom. The first-order chi connectivity index (χ1) is 7.68. The number of rotatable bonds is 2. The van der Waals surface area contributed by atoms with Crippen LogP contribution < -0.4 is 0 Å². The number of aromatic nitrogens is 1. The zero-order chi connectivity index (χ0) is 11.5. The molecule has 1 aromatic rings. The lowest BCUT2D eigenvalue weighted by Crippen LogP contribution is -2.37. The number of pyridine rings is 1. The molecule has 0 saturated carbocycles. The Balaban J connectivity index is 2.08. The number of amides is 1. The van der Waals surface area contributed by atoms with E-state index in [2.05, 4.69) is 20.9 Å². The van der Waals surface area contributed by atoms with Crippen molar-refractivity contribution in [2.24, 2.45) is 0 Å². The molecule has 1 aromatic heterocycles. The number of hydrogen-bond acceptors (Lipinski definition) is 3. The summed E-state index contributed by atoms with van der Waals surface area (Å²) >= 11 is 3.24. The van der Waals surface area contributed by atoms with Crippen molar-refractivity contribution < 1.29 is 9.53 Å². The van der Waals surface area contributed by atoms with Crippen LogP contribution in [0.3, 0.4) is 0 Å². The fourth-order valence-electron chi connectivity index (χ4n) is 1.70. The molecule has 16 heavy (non-hydrogen) atoms. The molecular weight excluding hydrogens is 272 g/mol. The maximum Gasteiger partial charge on any atom is 0.255 e. The van der Waals surface area contributed by atoms with Crippen LogP contribution in [-0.4, -0.2) is 42.1 Å². The van der Waals surface area contributed by atoms with Gasteiger partial charge in [0.2, 0.25) is 0 Å². The van der Waals surface area contributed by atoms with Crippen molar-refractivity contribution >= 4 is 21.8 Å². The highest BCUT2D eigenvalue weighted by Crippen LogP contribution is 2.14. The number of nitrogens with zero attached hydrogens (tertiary/aromatic N) is 2. The van der Waals surface area contributed by atoms with Crippen LogP contribution in [0.4, 0.5) is 0 Å². The molecule has 0 radical (unpaired) electrons. The summed E-state index contributed by atoms with van der Waals surface area (Å²) in [6, 6.07) is 3.73. The molecule has 5 heteroatoms. The van der Waals surface area contributed by atoms with E-state index >= 15 is 0 Å². The molecule has 1 amide bonds. The molecule has 1 saturated heterocycles. The predicted octanol–water partition coefficient (Wildman–Crippen LogP) is 1.70. The molecule has 1 aliphatic rings. The lowest BCUT2D eigenvalue weighted by atomic mass is 10.2. The molecule has 0 spiro atoms. The first kappa shape index (κ1) is 11.5. The van der Waals surface area contributed by atoms with Crippen LogP contribution in [0.1, 0.15) is 16.8 Å². The Kier molecular flexibility index (Phi) is 3.56. The molecular formula is C11H13BrN2O2. The Morgan fingerprint density at radius 1 is 1.62 bits per heavy atom. The van der Waals surface area contributed by atoms with Crippen molar-refractivity contribution in [1.29, 1.82) is 0 Å². The first-order valence-corrected chi connectivity index (χ1v) is 5.94. The number of carbonyl (C=O) groups excluding carboxylic acids is 1. The smallest absolute Gasteiger partial charge is 0.255 e. The fraction of sp³-hybridized carbons (Fsp3) is 0.455. The second kappa shape index (κ2) is 4.93. The zero-order valence-corrected chi connectivity index (χ0v) is 10.6. The van der Waals surface area contributed by atoms with Crippen LogP contribution in [0, 0.1) is 0 Å². The van der Waals surface area contributed by atoms with Gasteiger partial charge in [0.25, 0.3) is 5.91 Å². The molecule has 2 heterocycles. The molecule has 1 fully saturated rings. The quantitative estimate of drug-likeness (QED) is 0.777. The van der Waals surface area contributed by atoms with Crippen LogP contribution >= 0.6 is 15.9 Å². The van der Waals surface area contributed by atoms with Gasteiger partial charge in [-0.15, -0.1) is 0 Å². The molecule has 86 valence electrons. The lowest BCUT2D eigenvalue weighted by molar-refractivity contribution is 0.0711. The minimum absolute atomic E-state index is 0.00417. The topological polar surface area (TPSA) is 42.4 Å². The zero-order valence-electron chi connectivity index (χ0n) is 9.02. The molecule has 2 rings (SSSR count). The van der Waals surface area contributed by atoms with Crippen molar-refractivity contribution in [3.8, 4) is 0 Å². The fourth-order valence-corrected chi connectivity index (χ4v) is 1.93. The van der Waals surface area contributed by atoms with E-state index in [0.717, 1.165) is 17.6 Å². The Bertz CT molecular complexity index is 374. The Hall–Kier alpha value is -0.940. The van der Waals surface area contributed by atoms with E-state index in [9.17, 15) is 4.79 Å². The molecule has 1 atom stereocenters. The number of ether oxygens (including phenoxy) is 1. The summed E-state index contributed by atoms with van der Waals surface area (Å²) in [4.78, 5) is 17.8. The van der Waals surface area contributed by atoms with Crippen molar-refractivity contribution in [2.45, 2.75) is 12.5 Å². The van der Waals surface area contributed by atoms with Gasteiger partial charge in [0, 0.05) is 19.9 Å². The summed E-state index contributed by atoms with van der Waals surface area (Å²) in [7, 11) is 1.81. The van der Waals surface area contributed by atoms with Gasteiger partial charge in [-0.1, -0.05) is 0 Å². The van der Waals surface area contributed by atoms with Gasteiger partial charge in [0.1, 0.15) is 4.60 Å². The third-order valence-electron chi connectivity index (χ3n) is 2.75. The van der Waals surface area contributed by atoms with E-state index in [1.54, 1.807) is 23.2 Å². The lowest BCUT2D eigenvalue weighted by Gasteiger charge is -2.22. The number of halogens is 1. The Labute approximate surface area is 103 Å². The molecule has 0 bridgehead atoms. The van der Waals surface area contributed by atoms with Crippen molar-refractivity contribution in [2.75, 3.05) is 20.3 Å². The van der Waals surface area contributed by atoms with Crippen LogP contribution in [-0.2, 0) is 4.74 Å². The van der Waals surface area contributed by atoms with Crippen LogP contribution in [0.15, 0.2) is 22.9 Å². The van der Waals surface area contributed by atoms with E-state index in [1.807, 2.05) is 7.05 Å². The molecule has 0 aromatic carbocycles. The summed E-state index contributed by atoms with van der Waals surface area (Å²) in [6.07, 6.45) is 2.49. The second-order valence-electron chi connectivity index (χ2n) is 3.80. The summed E-state index contributed by atoms with van der Waals surface area (Å²) in [5, 5.41) is 0. The average molecular weight is 285 g/mol. The summed E-state index contributed by atoms with van der Waals surface area (Å²) in [5.41, 5.74) is 0.609. The summed E-state index contributed by atoms with van der Waals surface area (Å²) in [5.74, 6) is -0.00417. The predicted molar refractivity (Wildman–Crippen MR) is 63.3 cm³/mol. The molecule has 1 unspecified atom stereocenters. The largest absolute Gasteiger partial charge is 0.379 e. The minimum Gasteiger partial charge on any atom is -0.379 e. The number of carbonyl (C=O) groups is 1. The number of likely N-dealkylation sites (N-methyl/N-ethyl adjacent to an activating group) is 1. The highest BCUT2D eigenvalue weighted by molar-refractivity contribution is 9.10. The van der Waals surface area contributed by atoms with Crippen LogP contribution in [0.5, 0.6) is 0 Å². The van der Waals surface area contributed by atoms with Crippen LogP contribution in [0.25, 0.3) is 0 Å². The normalized spacial score (nSPS) is 19.8. The maximum atomic E-state index is 12.1. The van der Waals surface area contributed by atoms with E-state index in [0.29, 0.717) is 12.2 Å². The van der Waals surface area contributed by atoms with Crippen molar-refractivity contribution in [3.05, 3.63) is 28.5 Å². The Morgan fingerprint density at radius 2 is 2.44 bits per heavy atom. The minimum atomic E-state index is -0.00417. The summed E-state index contributed by atoms with van der Waals surface area (Å²) in [6.45, 7) is 1.37. The van der Waals surface area contributed by atoms with Gasteiger partial charge in [-0.3, -0.25) is 4.79 Å². The molecule has 0 aliphatic carbocycles. The maximum absolute atomic E-state index is 12.1. The highest BCUT2D eigenvalue weighted by Gasteiger charge is 2.24. The highest BCUT2D eigenvalue weighted by atomic mass is 79.9. The standard InChI is InChI=1S/C11H13BrN2O2/c1-14(9-4-5-16-7-9)11(15)8-2-3-10(12)13-6-8/h2-3,6,9H,4-5,7H2,1H3. The average Bonchev–Trinajstić information content (AvgIpc) is 2.81. The molecule has 0 N–H and O–H groups in total. The molecule has 4 nitrogen and oxygen atoms in total. The second-order valence-corrected chi connectivity index (χ2v) is 4.62. The first-order valence-electron chi connectivity index (χ1n) is 5.15. The van der Waals surface area contributed by atoms with Gasteiger partial charge in [-0.2, -0.15) is 0 Å². The van der Waals surface area contributed by atoms with E-state index in [-0.39, 0.29) is 11.9 Å². The monoisotopic (exact) mass is 284 g/mol. The SMILES string of the molecule is CN(C(=O)c1ccc(Br)nc1)C1CCOC1. The molecule has 1 aliphatic heterocycles. The van der Waals surface area contributed by atoms with E-state index < -0.39 is 0 Å². The van der Waals surface area contributed by atoms with Gasteiger partial charge in [-0.05, 0) is 34.5 Å². The van der Waals surface area contributed by atoms with Crippen molar-refractivity contribution in [3.63, 3.8) is 0 Å². The van der Waals surface area contributed by atoms with Crippen LogP contribution in [0.2, 0.25) is 0 Å². The number of hydrogen-bond donors (Lipinski definition) is 0. The van der Waals surface area contributed by atoms with E-state index in [4.69, 9.17) is 4.74 Å². The van der Waals surface area contributed by atoms with Gasteiger partial charge in [0.05, 0.1) is 18.2 Å². The van der Waals surface area contributed by atoms with E-state index in [1.165, 1.54) is 0 Å².